The first-order valence-corrected chi connectivity index (χ1v) is 8.31. The molecule has 7 heteroatoms. The van der Waals surface area contributed by atoms with Gasteiger partial charge in [0.1, 0.15) is 11.5 Å². The van der Waals surface area contributed by atoms with Gasteiger partial charge in [0.2, 0.25) is 0 Å². The van der Waals surface area contributed by atoms with E-state index in [1.807, 2.05) is 29.0 Å². The Balaban J connectivity index is 1.61. The Bertz CT molecular complexity index is 713. The zero-order chi connectivity index (χ0) is 17.8. The van der Waals surface area contributed by atoms with Crippen molar-refractivity contribution in [3.05, 3.63) is 41.7 Å². The minimum Gasteiger partial charge on any atom is -0.497 e. The van der Waals surface area contributed by atoms with Crippen LogP contribution in [-0.2, 0) is 13.6 Å². The summed E-state index contributed by atoms with van der Waals surface area (Å²) in [4.78, 5) is 17.0. The summed E-state index contributed by atoms with van der Waals surface area (Å²) in [5, 5.41) is 4.20. The predicted octanol–water partition coefficient (Wildman–Crippen LogP) is 1.40. The lowest BCUT2D eigenvalue weighted by molar-refractivity contribution is 0.0627. The Morgan fingerprint density at radius 2 is 1.72 bits per heavy atom. The van der Waals surface area contributed by atoms with Crippen molar-refractivity contribution in [3.8, 4) is 11.5 Å². The number of methoxy groups -OCH3 is 2. The molecule has 25 heavy (non-hydrogen) atoms. The fourth-order valence-corrected chi connectivity index (χ4v) is 3.03. The molecule has 1 aliphatic heterocycles. The van der Waals surface area contributed by atoms with E-state index in [-0.39, 0.29) is 5.91 Å². The summed E-state index contributed by atoms with van der Waals surface area (Å²) in [7, 11) is 5.09. The Morgan fingerprint density at radius 3 is 2.24 bits per heavy atom. The van der Waals surface area contributed by atoms with Crippen molar-refractivity contribution in [3.63, 3.8) is 0 Å². The molecule has 1 amide bonds. The van der Waals surface area contributed by atoms with Crippen LogP contribution in [0.1, 0.15) is 15.9 Å². The molecule has 2 heterocycles. The van der Waals surface area contributed by atoms with Crippen molar-refractivity contribution >= 4 is 5.91 Å². The maximum Gasteiger partial charge on any atom is 0.254 e. The number of carbonyl (C=O) groups is 1. The van der Waals surface area contributed by atoms with Gasteiger partial charge in [0.25, 0.3) is 5.91 Å². The number of benzene rings is 1. The van der Waals surface area contributed by atoms with E-state index in [9.17, 15) is 4.79 Å². The van der Waals surface area contributed by atoms with Crippen LogP contribution in [0.2, 0.25) is 0 Å². The van der Waals surface area contributed by atoms with E-state index in [4.69, 9.17) is 9.47 Å². The number of nitrogens with zero attached hydrogens (tertiary/aromatic N) is 4. The van der Waals surface area contributed by atoms with E-state index in [2.05, 4.69) is 10.00 Å². The molecule has 0 aliphatic carbocycles. The van der Waals surface area contributed by atoms with Gasteiger partial charge in [0.15, 0.2) is 0 Å². The van der Waals surface area contributed by atoms with Gasteiger partial charge >= 0.3 is 0 Å². The molecule has 1 aromatic heterocycles. The zero-order valence-corrected chi connectivity index (χ0v) is 14.9. The fraction of sp³-hybridized carbons (Fsp3) is 0.444. The molecular formula is C18H24N4O3. The molecule has 2 aromatic rings. The third-order valence-electron chi connectivity index (χ3n) is 4.42. The highest BCUT2D eigenvalue weighted by molar-refractivity contribution is 5.95. The van der Waals surface area contributed by atoms with Crippen molar-refractivity contribution in [2.45, 2.75) is 6.54 Å². The van der Waals surface area contributed by atoms with Crippen LogP contribution in [0.3, 0.4) is 0 Å². The maximum atomic E-state index is 12.8. The van der Waals surface area contributed by atoms with Gasteiger partial charge in [-0.1, -0.05) is 0 Å². The number of carbonyl (C=O) groups excluding carboxylic acids is 1. The fourth-order valence-electron chi connectivity index (χ4n) is 3.03. The van der Waals surface area contributed by atoms with E-state index >= 15 is 0 Å². The number of aryl methyl sites for hydroxylation is 1. The summed E-state index contributed by atoms with van der Waals surface area (Å²) in [6.45, 7) is 3.98. The topological polar surface area (TPSA) is 59.8 Å². The smallest absolute Gasteiger partial charge is 0.254 e. The van der Waals surface area contributed by atoms with Crippen molar-refractivity contribution in [2.75, 3.05) is 40.4 Å². The van der Waals surface area contributed by atoms with Crippen molar-refractivity contribution in [1.82, 2.24) is 19.6 Å². The largest absolute Gasteiger partial charge is 0.497 e. The summed E-state index contributed by atoms with van der Waals surface area (Å²) in [5.74, 6) is 1.26. The number of rotatable bonds is 5. The van der Waals surface area contributed by atoms with Crippen LogP contribution in [0.15, 0.2) is 30.6 Å². The molecule has 7 nitrogen and oxygen atoms in total. The van der Waals surface area contributed by atoms with E-state index in [0.717, 1.165) is 19.6 Å². The molecule has 3 rings (SSSR count). The van der Waals surface area contributed by atoms with Gasteiger partial charge in [-0.15, -0.1) is 0 Å². The number of ether oxygens (including phenoxy) is 2. The minimum atomic E-state index is 0.0122. The highest BCUT2D eigenvalue weighted by Gasteiger charge is 2.23. The first-order chi connectivity index (χ1) is 12.1. The standard InChI is InChI=1S/C18H24N4O3/c1-20-12-14(11-19-20)13-21-4-6-22(7-5-21)18(23)15-8-16(24-2)10-17(9-15)25-3/h8-12H,4-7,13H2,1-3H3. The van der Waals surface area contributed by atoms with E-state index in [0.29, 0.717) is 30.2 Å². The van der Waals surface area contributed by atoms with Gasteiger partial charge in [-0.3, -0.25) is 14.4 Å². The summed E-state index contributed by atoms with van der Waals surface area (Å²) in [6, 6.07) is 5.28. The highest BCUT2D eigenvalue weighted by atomic mass is 16.5. The lowest BCUT2D eigenvalue weighted by Crippen LogP contribution is -2.48. The van der Waals surface area contributed by atoms with Crippen molar-refractivity contribution in [2.24, 2.45) is 7.05 Å². The summed E-state index contributed by atoms with van der Waals surface area (Å²) >= 11 is 0. The molecular weight excluding hydrogens is 320 g/mol. The molecule has 0 N–H and O–H groups in total. The molecule has 0 radical (unpaired) electrons. The summed E-state index contributed by atoms with van der Waals surface area (Å²) in [5.41, 5.74) is 1.79. The first-order valence-electron chi connectivity index (χ1n) is 8.31. The van der Waals surface area contributed by atoms with Crippen molar-refractivity contribution < 1.29 is 14.3 Å². The Hall–Kier alpha value is -2.54. The maximum absolute atomic E-state index is 12.8. The molecule has 0 saturated carbocycles. The predicted molar refractivity (Wildman–Crippen MR) is 93.9 cm³/mol. The van der Waals surface area contributed by atoms with Crippen LogP contribution < -0.4 is 9.47 Å². The van der Waals surface area contributed by atoms with Crippen LogP contribution in [0.4, 0.5) is 0 Å². The van der Waals surface area contributed by atoms with Crippen LogP contribution in [0.5, 0.6) is 11.5 Å². The average molecular weight is 344 g/mol. The molecule has 0 atom stereocenters. The number of hydrogen-bond donors (Lipinski definition) is 0. The molecule has 1 fully saturated rings. The van der Waals surface area contributed by atoms with Gasteiger partial charge in [0.05, 0.1) is 20.4 Å². The quantitative estimate of drug-likeness (QED) is 0.820. The second-order valence-electron chi connectivity index (χ2n) is 6.19. The summed E-state index contributed by atoms with van der Waals surface area (Å²) < 4.78 is 12.3. The lowest BCUT2D eigenvalue weighted by atomic mass is 10.1. The van der Waals surface area contributed by atoms with Gasteiger partial charge in [-0.2, -0.15) is 5.10 Å². The molecule has 0 spiro atoms. The Kier molecular flexibility index (Phi) is 5.23. The molecule has 1 saturated heterocycles. The molecule has 134 valence electrons. The first kappa shape index (κ1) is 17.3. The van der Waals surface area contributed by atoms with Gasteiger partial charge in [0, 0.05) is 63.2 Å². The monoisotopic (exact) mass is 344 g/mol. The molecule has 1 aliphatic rings. The van der Waals surface area contributed by atoms with Gasteiger partial charge < -0.3 is 14.4 Å². The SMILES string of the molecule is COc1cc(OC)cc(C(=O)N2CCN(Cc3cnn(C)c3)CC2)c1. The third-order valence-corrected chi connectivity index (χ3v) is 4.42. The normalized spacial score (nSPS) is 15.2. The number of hydrogen-bond acceptors (Lipinski definition) is 5. The average Bonchev–Trinajstić information content (AvgIpc) is 3.06. The summed E-state index contributed by atoms with van der Waals surface area (Å²) in [6.07, 6.45) is 3.92. The molecule has 0 bridgehead atoms. The van der Waals surface area contributed by atoms with E-state index < -0.39 is 0 Å². The van der Waals surface area contributed by atoms with E-state index in [1.54, 1.807) is 32.4 Å². The van der Waals surface area contributed by atoms with Crippen LogP contribution in [-0.4, -0.2) is 65.9 Å². The van der Waals surface area contributed by atoms with Crippen LogP contribution in [0.25, 0.3) is 0 Å². The van der Waals surface area contributed by atoms with E-state index in [1.165, 1.54) is 5.56 Å². The number of piperazine rings is 1. The minimum absolute atomic E-state index is 0.0122. The molecule has 1 aromatic carbocycles. The number of amides is 1. The van der Waals surface area contributed by atoms with Gasteiger partial charge in [-0.05, 0) is 12.1 Å². The highest BCUT2D eigenvalue weighted by Crippen LogP contribution is 2.24. The Morgan fingerprint density at radius 1 is 1.08 bits per heavy atom. The van der Waals surface area contributed by atoms with Crippen LogP contribution >= 0.6 is 0 Å². The Labute approximate surface area is 147 Å². The lowest BCUT2D eigenvalue weighted by Gasteiger charge is -2.34. The van der Waals surface area contributed by atoms with Crippen molar-refractivity contribution in [1.29, 1.82) is 0 Å². The molecule has 0 unspecified atom stereocenters. The number of aromatic nitrogens is 2. The second kappa shape index (κ2) is 7.57. The van der Waals surface area contributed by atoms with Crippen LogP contribution in [0, 0.1) is 0 Å². The zero-order valence-electron chi connectivity index (χ0n) is 14.9. The second-order valence-corrected chi connectivity index (χ2v) is 6.19. The van der Waals surface area contributed by atoms with Gasteiger partial charge in [-0.25, -0.2) is 0 Å². The third kappa shape index (κ3) is 4.11.